The molecule has 0 radical (unpaired) electrons. The molecule has 0 aliphatic carbocycles. The quantitative estimate of drug-likeness (QED) is 0.667. The lowest BCUT2D eigenvalue weighted by Crippen LogP contribution is -2.42. The normalized spacial score (nSPS) is 26.0. The van der Waals surface area contributed by atoms with Crippen LogP contribution >= 0.6 is 15.4 Å². The molecule has 0 saturated carbocycles. The van der Waals surface area contributed by atoms with E-state index in [1.807, 2.05) is 4.90 Å². The van der Waals surface area contributed by atoms with Crippen LogP contribution in [0.25, 0.3) is 0 Å². The van der Waals surface area contributed by atoms with Crippen LogP contribution in [0.4, 0.5) is 0 Å². The first-order valence-electron chi connectivity index (χ1n) is 9.36. The van der Waals surface area contributed by atoms with E-state index in [-0.39, 0.29) is 0 Å². The maximum atomic E-state index is 12.5. The maximum Gasteiger partial charge on any atom is 0.515 e. The van der Waals surface area contributed by atoms with Crippen molar-refractivity contribution >= 4 is 15.4 Å². The van der Waals surface area contributed by atoms with Gasteiger partial charge in [0, 0.05) is 32.7 Å². The second-order valence-corrected chi connectivity index (χ2v) is 11.6. The first-order valence-corrected chi connectivity index (χ1v) is 12.7. The molecule has 1 aliphatic rings. The van der Waals surface area contributed by atoms with Crippen LogP contribution in [0.1, 0.15) is 19.8 Å². The fraction of sp³-hybridized carbons (Fsp3) is 1.00. The summed E-state index contributed by atoms with van der Waals surface area (Å²) in [6, 6.07) is 0. The van der Waals surface area contributed by atoms with Crippen molar-refractivity contribution in [2.75, 3.05) is 79.4 Å². The van der Waals surface area contributed by atoms with E-state index in [4.69, 9.17) is 4.89 Å². The van der Waals surface area contributed by atoms with E-state index in [0.717, 1.165) is 52.1 Å². The highest BCUT2D eigenvalue weighted by atomic mass is 31.2. The van der Waals surface area contributed by atoms with Crippen LogP contribution < -0.4 is 0 Å². The van der Waals surface area contributed by atoms with E-state index >= 15 is 0 Å². The van der Waals surface area contributed by atoms with Gasteiger partial charge < -0.3 is 19.6 Å². The highest BCUT2D eigenvalue weighted by Crippen LogP contribution is 2.52. The van der Waals surface area contributed by atoms with Gasteiger partial charge >= 0.3 is 8.03 Å². The van der Waals surface area contributed by atoms with E-state index < -0.39 is 27.1 Å². The molecule has 1 saturated heterocycles. The van der Waals surface area contributed by atoms with Crippen molar-refractivity contribution in [2.45, 2.75) is 25.5 Å². The number of hydrogen-bond acceptors (Lipinski definition) is 6. The van der Waals surface area contributed by atoms with Gasteiger partial charge in [0.25, 0.3) is 13.3 Å². The number of likely N-dealkylation sites (N-methyl/N-ethyl adjacent to an activating group) is 3. The van der Waals surface area contributed by atoms with Crippen LogP contribution in [0.5, 0.6) is 0 Å². The zero-order valence-electron chi connectivity index (χ0n) is 16.7. The molecule has 8 nitrogen and oxygen atoms in total. The fourth-order valence-corrected chi connectivity index (χ4v) is 6.24. The summed E-state index contributed by atoms with van der Waals surface area (Å²) in [6.45, 7) is 8.94. The lowest BCUT2D eigenvalue weighted by Gasteiger charge is -2.33. The number of rotatable bonds is 4. The summed E-state index contributed by atoms with van der Waals surface area (Å²) in [6.07, 6.45) is 2.00. The van der Waals surface area contributed by atoms with Crippen LogP contribution in [0.2, 0.25) is 0 Å². The lowest BCUT2D eigenvalue weighted by molar-refractivity contribution is 0.179. The average Bonchev–Trinajstić information content (AvgIpc) is 2.53. The van der Waals surface area contributed by atoms with E-state index in [9.17, 15) is 14.0 Å². The summed E-state index contributed by atoms with van der Waals surface area (Å²) in [5.74, 6) is -1.13. The third-order valence-electron chi connectivity index (χ3n) is 5.13. The Morgan fingerprint density at radius 3 is 1.77 bits per heavy atom. The van der Waals surface area contributed by atoms with Crippen molar-refractivity contribution < 1.29 is 18.9 Å². The van der Waals surface area contributed by atoms with Gasteiger partial charge in [-0.05, 0) is 65.1 Å². The van der Waals surface area contributed by atoms with Crippen molar-refractivity contribution in [2.24, 2.45) is 0 Å². The first-order chi connectivity index (χ1) is 12.1. The Bertz CT molecular complexity index is 483. The molecular weight excluding hydrogens is 374 g/mol. The molecule has 3 unspecified atom stereocenters. The highest BCUT2D eigenvalue weighted by molar-refractivity contribution is 7.68. The summed E-state index contributed by atoms with van der Waals surface area (Å²) in [7, 11) is 0.0389. The summed E-state index contributed by atoms with van der Waals surface area (Å²) < 4.78 is 23.6. The summed E-state index contributed by atoms with van der Waals surface area (Å²) in [5.41, 5.74) is 0. The van der Waals surface area contributed by atoms with Crippen molar-refractivity contribution in [1.82, 2.24) is 19.6 Å². The van der Waals surface area contributed by atoms with Gasteiger partial charge in [0.1, 0.15) is 0 Å². The lowest BCUT2D eigenvalue weighted by atomic mass is 10.3. The molecule has 1 heterocycles. The van der Waals surface area contributed by atoms with Crippen LogP contribution in [0.15, 0.2) is 0 Å². The van der Waals surface area contributed by atoms with Gasteiger partial charge in [-0.25, -0.2) is 0 Å². The minimum atomic E-state index is -3.69. The van der Waals surface area contributed by atoms with Crippen LogP contribution in [0, 0.1) is 0 Å². The minimum Gasteiger partial charge on any atom is -0.340 e. The highest BCUT2D eigenvalue weighted by Gasteiger charge is 2.39. The molecule has 154 valence electrons. The Morgan fingerprint density at radius 1 is 0.885 bits per heavy atom. The summed E-state index contributed by atoms with van der Waals surface area (Å²) >= 11 is 0. The molecular formula is C16H37N4O4P2+. The number of nitrogens with zero attached hydrogens (tertiary/aromatic N) is 4. The topological polar surface area (TPSA) is 87.6 Å². The third kappa shape index (κ3) is 9.34. The Kier molecular flexibility index (Phi) is 11.0. The van der Waals surface area contributed by atoms with Gasteiger partial charge in [-0.3, -0.25) is 9.46 Å². The van der Waals surface area contributed by atoms with E-state index in [1.54, 1.807) is 6.92 Å². The van der Waals surface area contributed by atoms with Gasteiger partial charge in [0.05, 0.1) is 5.78 Å². The predicted octanol–water partition coefficient (Wildman–Crippen LogP) is 1.19. The Balaban J connectivity index is 2.76. The smallest absolute Gasteiger partial charge is 0.340 e. The van der Waals surface area contributed by atoms with Gasteiger partial charge in [-0.15, -0.1) is 0 Å². The summed E-state index contributed by atoms with van der Waals surface area (Å²) in [5, 5.41) is 0. The minimum absolute atomic E-state index is 0.526. The molecule has 1 aliphatic heterocycles. The molecule has 0 aromatic heterocycles. The Hall–Kier alpha value is 0.0900. The molecule has 3 atom stereocenters. The standard InChI is InChI=1S/C16H36N4O4P2/c1-16(26(23,24)15-25(21)22)20-10-6-9-18(3)12-11-17(2)7-5-8-19(4)13-14-20/h16H,5-15H2,1-4H3,(H-,21,22,23,24)/p+1. The first kappa shape index (κ1) is 24.1. The SMILES string of the molecule is CC(N1CCCN(C)CCN(C)CCCN(C)CC1)P(=O)(O)C[P+](=O)O. The van der Waals surface area contributed by atoms with Crippen LogP contribution in [-0.2, 0) is 9.13 Å². The van der Waals surface area contributed by atoms with Gasteiger partial charge in [0.2, 0.25) is 0 Å². The van der Waals surface area contributed by atoms with Crippen molar-refractivity contribution in [1.29, 1.82) is 0 Å². The average molecular weight is 411 g/mol. The number of hydrogen-bond donors (Lipinski definition) is 2. The zero-order chi connectivity index (χ0) is 19.7. The van der Waals surface area contributed by atoms with Crippen molar-refractivity contribution in [3.63, 3.8) is 0 Å². The molecule has 0 amide bonds. The molecule has 1 rings (SSSR count). The third-order valence-corrected chi connectivity index (χ3v) is 9.22. The monoisotopic (exact) mass is 411 g/mol. The molecule has 0 spiro atoms. The summed E-state index contributed by atoms with van der Waals surface area (Å²) in [4.78, 5) is 28.3. The molecule has 0 bridgehead atoms. The molecule has 10 heteroatoms. The molecule has 1 fully saturated rings. The second-order valence-electron chi connectivity index (χ2n) is 7.53. The van der Waals surface area contributed by atoms with E-state index in [1.165, 1.54) is 0 Å². The molecule has 0 aromatic carbocycles. The largest absolute Gasteiger partial charge is 0.515 e. The van der Waals surface area contributed by atoms with Crippen LogP contribution in [0.3, 0.4) is 0 Å². The van der Waals surface area contributed by atoms with Crippen LogP contribution in [-0.4, -0.2) is 115 Å². The zero-order valence-corrected chi connectivity index (χ0v) is 18.5. The maximum absolute atomic E-state index is 12.5. The van der Waals surface area contributed by atoms with Gasteiger partial charge in [-0.1, -0.05) is 0 Å². The van der Waals surface area contributed by atoms with Gasteiger partial charge in [0.15, 0.2) is 0 Å². The van der Waals surface area contributed by atoms with E-state index in [2.05, 4.69) is 35.8 Å². The van der Waals surface area contributed by atoms with Crippen molar-refractivity contribution in [3.8, 4) is 0 Å². The predicted molar refractivity (Wildman–Crippen MR) is 107 cm³/mol. The Morgan fingerprint density at radius 2 is 1.31 bits per heavy atom. The molecule has 26 heavy (non-hydrogen) atoms. The van der Waals surface area contributed by atoms with Crippen molar-refractivity contribution in [3.05, 3.63) is 0 Å². The molecule has 2 N–H and O–H groups in total. The fourth-order valence-electron chi connectivity index (χ4n) is 3.16. The second kappa shape index (κ2) is 11.8. The molecule has 0 aromatic rings. The van der Waals surface area contributed by atoms with Gasteiger partial charge in [-0.2, -0.15) is 4.89 Å². The van der Waals surface area contributed by atoms with E-state index in [0.29, 0.717) is 13.1 Å². The Labute approximate surface area is 159 Å².